The molecule has 10 heteroatoms. The number of esters is 1. The van der Waals surface area contributed by atoms with E-state index in [1.54, 1.807) is 30.3 Å². The minimum atomic E-state index is -4.20. The molecule has 0 saturated carbocycles. The third-order valence-corrected chi connectivity index (χ3v) is 8.80. The van der Waals surface area contributed by atoms with Crippen LogP contribution in [0, 0.1) is 0 Å². The van der Waals surface area contributed by atoms with Gasteiger partial charge >= 0.3 is 5.97 Å². The highest BCUT2D eigenvalue weighted by Gasteiger charge is 2.46. The molecule has 1 atom stereocenters. The minimum Gasteiger partial charge on any atom is -0.427 e. The van der Waals surface area contributed by atoms with Gasteiger partial charge in [0, 0.05) is 18.5 Å². The average molecular weight is 577 g/mol. The third-order valence-electron chi connectivity index (χ3n) is 6.66. The summed E-state index contributed by atoms with van der Waals surface area (Å²) < 4.78 is 34.3. The van der Waals surface area contributed by atoms with Crippen LogP contribution >= 0.6 is 11.6 Å². The van der Waals surface area contributed by atoms with Crippen LogP contribution in [0.25, 0.3) is 10.8 Å². The second-order valence-electron chi connectivity index (χ2n) is 9.38. The van der Waals surface area contributed by atoms with E-state index in [0.29, 0.717) is 5.02 Å². The fourth-order valence-corrected chi connectivity index (χ4v) is 6.61. The maximum Gasteiger partial charge on any atom is 0.308 e. The number of hydrogen-bond donors (Lipinski definition) is 0. The maximum atomic E-state index is 14.1. The van der Waals surface area contributed by atoms with Gasteiger partial charge in [-0.1, -0.05) is 54.1 Å². The van der Waals surface area contributed by atoms with E-state index >= 15 is 0 Å². The SMILES string of the molecule is CC(=O)Oc1ccc(N2C(=O)CC(N(CCc3cccc(Cl)c3)S(=O)(=O)c3ccc4ccccc4c3)C2=O)cc1. The topological polar surface area (TPSA) is 101 Å². The Bertz CT molecular complexity index is 1720. The van der Waals surface area contributed by atoms with Crippen molar-refractivity contribution in [3.63, 3.8) is 0 Å². The zero-order valence-electron chi connectivity index (χ0n) is 21.5. The lowest BCUT2D eigenvalue weighted by atomic mass is 10.1. The summed E-state index contributed by atoms with van der Waals surface area (Å²) in [6.45, 7) is 1.22. The van der Waals surface area contributed by atoms with Gasteiger partial charge in [0.15, 0.2) is 0 Å². The second-order valence-corrected chi connectivity index (χ2v) is 11.7. The number of rotatable bonds is 8. The molecule has 4 aromatic carbocycles. The summed E-state index contributed by atoms with van der Waals surface area (Å²) in [4.78, 5) is 39.0. The van der Waals surface area contributed by atoms with Crippen molar-refractivity contribution in [2.45, 2.75) is 30.7 Å². The fraction of sp³-hybridized carbons (Fsp3) is 0.167. The number of benzene rings is 4. The number of fused-ring (bicyclic) bond motifs is 1. The fourth-order valence-electron chi connectivity index (χ4n) is 4.78. The van der Waals surface area contributed by atoms with Gasteiger partial charge in [-0.2, -0.15) is 4.31 Å². The van der Waals surface area contributed by atoms with Gasteiger partial charge in [0.05, 0.1) is 17.0 Å². The predicted octanol–water partition coefficient (Wildman–Crippen LogP) is 4.98. The number of sulfonamides is 1. The largest absolute Gasteiger partial charge is 0.427 e. The predicted molar refractivity (Wildman–Crippen MR) is 152 cm³/mol. The number of imide groups is 1. The Hall–Kier alpha value is -4.05. The Balaban J connectivity index is 1.49. The van der Waals surface area contributed by atoms with Crippen molar-refractivity contribution in [3.8, 4) is 5.75 Å². The smallest absolute Gasteiger partial charge is 0.308 e. The third kappa shape index (κ3) is 5.62. The molecule has 1 saturated heterocycles. The van der Waals surface area contributed by atoms with E-state index in [1.807, 2.05) is 30.3 Å². The van der Waals surface area contributed by atoms with E-state index in [9.17, 15) is 22.8 Å². The summed E-state index contributed by atoms with van der Waals surface area (Å²) in [6.07, 6.45) is -0.0324. The lowest BCUT2D eigenvalue weighted by Crippen LogP contribution is -2.46. The molecule has 0 bridgehead atoms. The average Bonchev–Trinajstić information content (AvgIpc) is 3.21. The van der Waals surface area contributed by atoms with Crippen molar-refractivity contribution < 1.29 is 27.5 Å². The minimum absolute atomic E-state index is 0.0294. The normalized spacial score (nSPS) is 15.7. The first-order valence-electron chi connectivity index (χ1n) is 12.5. The van der Waals surface area contributed by atoms with Gasteiger partial charge < -0.3 is 4.74 Å². The van der Waals surface area contributed by atoms with Crippen molar-refractivity contribution >= 4 is 55.9 Å². The number of nitrogens with zero attached hydrogens (tertiary/aromatic N) is 2. The Kier molecular flexibility index (Phi) is 7.71. The van der Waals surface area contributed by atoms with Gasteiger partial charge in [-0.3, -0.25) is 14.4 Å². The molecular formula is C30H25ClN2O6S. The van der Waals surface area contributed by atoms with Crippen LogP contribution in [0.4, 0.5) is 5.69 Å². The standard InChI is InChI=1S/C30H25ClN2O6S/c1-20(34)39-26-12-10-25(11-13-26)33-29(35)19-28(30(33)36)32(16-15-21-5-4-8-24(31)17-21)40(37,38)27-14-9-22-6-2-3-7-23(22)18-27/h2-14,17-18,28H,15-16,19H2,1H3. The number of ether oxygens (including phenoxy) is 1. The molecule has 2 amide bonds. The van der Waals surface area contributed by atoms with Crippen LogP contribution in [0.1, 0.15) is 18.9 Å². The number of amides is 2. The second kappa shape index (κ2) is 11.2. The molecule has 0 aromatic heterocycles. The van der Waals surface area contributed by atoms with Crippen molar-refractivity contribution in [3.05, 3.63) is 102 Å². The van der Waals surface area contributed by atoms with Gasteiger partial charge in [-0.25, -0.2) is 13.3 Å². The quantitative estimate of drug-likeness (QED) is 0.166. The number of carbonyl (C=O) groups is 3. The van der Waals surface area contributed by atoms with E-state index < -0.39 is 33.8 Å². The van der Waals surface area contributed by atoms with Gasteiger partial charge in [-0.15, -0.1) is 0 Å². The van der Waals surface area contributed by atoms with E-state index in [0.717, 1.165) is 25.5 Å². The molecule has 4 aromatic rings. The van der Waals surface area contributed by atoms with Gasteiger partial charge in [-0.05, 0) is 71.3 Å². The number of anilines is 1. The van der Waals surface area contributed by atoms with E-state index in [1.165, 1.54) is 37.3 Å². The molecule has 0 N–H and O–H groups in total. The van der Waals surface area contributed by atoms with Crippen LogP contribution in [0.5, 0.6) is 5.75 Å². The van der Waals surface area contributed by atoms with E-state index in [-0.39, 0.29) is 35.7 Å². The Labute approximate surface area is 236 Å². The van der Waals surface area contributed by atoms with Crippen LogP contribution in [-0.4, -0.2) is 43.1 Å². The number of hydrogen-bond acceptors (Lipinski definition) is 6. The molecule has 1 unspecified atom stereocenters. The first kappa shape index (κ1) is 27.5. The molecule has 1 heterocycles. The summed E-state index contributed by atoms with van der Waals surface area (Å²) in [6, 6.07) is 23.9. The lowest BCUT2D eigenvalue weighted by Gasteiger charge is -2.27. The van der Waals surface area contributed by atoms with Crippen molar-refractivity contribution in [2.24, 2.45) is 0 Å². The Morgan fingerprint density at radius 2 is 1.68 bits per heavy atom. The first-order chi connectivity index (χ1) is 19.1. The molecule has 0 aliphatic carbocycles. The highest BCUT2D eigenvalue weighted by molar-refractivity contribution is 7.89. The first-order valence-corrected chi connectivity index (χ1v) is 14.4. The van der Waals surface area contributed by atoms with Gasteiger partial charge in [0.25, 0.3) is 5.91 Å². The van der Waals surface area contributed by atoms with Crippen LogP contribution in [0.15, 0.2) is 95.9 Å². The van der Waals surface area contributed by atoms with E-state index in [4.69, 9.17) is 16.3 Å². The highest BCUT2D eigenvalue weighted by Crippen LogP contribution is 2.31. The molecule has 1 aliphatic heterocycles. The van der Waals surface area contributed by atoms with Crippen LogP contribution in [0.3, 0.4) is 0 Å². The van der Waals surface area contributed by atoms with Crippen LogP contribution in [-0.2, 0) is 30.8 Å². The van der Waals surface area contributed by atoms with Crippen molar-refractivity contribution in [2.75, 3.05) is 11.4 Å². The van der Waals surface area contributed by atoms with Gasteiger partial charge in [0.2, 0.25) is 15.9 Å². The summed E-state index contributed by atoms with van der Waals surface area (Å²) in [5.41, 5.74) is 1.05. The monoisotopic (exact) mass is 576 g/mol. The highest BCUT2D eigenvalue weighted by atomic mass is 35.5. The summed E-state index contributed by atoms with van der Waals surface area (Å²) in [7, 11) is -4.20. The number of halogens is 1. The molecule has 40 heavy (non-hydrogen) atoms. The Morgan fingerprint density at radius 3 is 2.38 bits per heavy atom. The summed E-state index contributed by atoms with van der Waals surface area (Å²) >= 11 is 6.13. The molecule has 0 radical (unpaired) electrons. The molecule has 204 valence electrons. The summed E-state index contributed by atoms with van der Waals surface area (Å²) in [5.74, 6) is -1.43. The van der Waals surface area contributed by atoms with Crippen molar-refractivity contribution in [1.82, 2.24) is 4.31 Å². The molecule has 1 aliphatic rings. The maximum absolute atomic E-state index is 14.1. The zero-order chi connectivity index (χ0) is 28.4. The van der Waals surface area contributed by atoms with Crippen LogP contribution < -0.4 is 9.64 Å². The molecule has 5 rings (SSSR count). The zero-order valence-corrected chi connectivity index (χ0v) is 23.1. The molecule has 1 fully saturated rings. The number of carbonyl (C=O) groups excluding carboxylic acids is 3. The summed E-state index contributed by atoms with van der Waals surface area (Å²) in [5, 5.41) is 2.13. The van der Waals surface area contributed by atoms with Gasteiger partial charge in [0.1, 0.15) is 11.8 Å². The Morgan fingerprint density at radius 1 is 0.950 bits per heavy atom. The molecule has 0 spiro atoms. The lowest BCUT2D eigenvalue weighted by molar-refractivity contribution is -0.132. The molecule has 8 nitrogen and oxygen atoms in total. The van der Waals surface area contributed by atoms with Crippen LogP contribution in [0.2, 0.25) is 5.02 Å². The van der Waals surface area contributed by atoms with Crippen molar-refractivity contribution in [1.29, 1.82) is 0 Å². The molecular weight excluding hydrogens is 552 g/mol. The van der Waals surface area contributed by atoms with E-state index in [2.05, 4.69) is 0 Å².